The largest absolute Gasteiger partial charge is 0.497 e. The number of fused-ring (bicyclic) bond motifs is 1. The highest BCUT2D eigenvalue weighted by molar-refractivity contribution is 6.07. The third-order valence-electron chi connectivity index (χ3n) is 5.80. The molecule has 3 heterocycles. The van der Waals surface area contributed by atoms with Crippen LogP contribution in [0.5, 0.6) is 5.75 Å². The Labute approximate surface area is 193 Å². The second-order valence-electron chi connectivity index (χ2n) is 8.62. The number of aromatic nitrogens is 5. The molecule has 4 rings (SSSR count). The van der Waals surface area contributed by atoms with Gasteiger partial charge in [0.1, 0.15) is 5.75 Å². The highest BCUT2D eigenvalue weighted by atomic mass is 16.5. The van der Waals surface area contributed by atoms with Gasteiger partial charge < -0.3 is 10.1 Å². The van der Waals surface area contributed by atoms with E-state index in [-0.39, 0.29) is 11.8 Å². The van der Waals surface area contributed by atoms with Crippen molar-refractivity contribution in [2.24, 2.45) is 13.0 Å². The van der Waals surface area contributed by atoms with Gasteiger partial charge in [-0.3, -0.25) is 14.2 Å². The minimum atomic E-state index is -0.131. The van der Waals surface area contributed by atoms with E-state index in [2.05, 4.69) is 28.5 Å². The first kappa shape index (κ1) is 22.5. The molecule has 172 valence electrons. The molecule has 33 heavy (non-hydrogen) atoms. The minimum absolute atomic E-state index is 0.131. The van der Waals surface area contributed by atoms with Crippen LogP contribution >= 0.6 is 0 Å². The monoisotopic (exact) mass is 446 g/mol. The van der Waals surface area contributed by atoms with Crippen LogP contribution < -0.4 is 10.1 Å². The maximum absolute atomic E-state index is 13.3. The van der Waals surface area contributed by atoms with Gasteiger partial charge in [0.25, 0.3) is 5.91 Å². The predicted octanol–water partition coefficient (Wildman–Crippen LogP) is 3.83. The summed E-state index contributed by atoms with van der Waals surface area (Å²) in [5.74, 6) is 0.861. The van der Waals surface area contributed by atoms with Crippen molar-refractivity contribution in [1.29, 1.82) is 0 Å². The quantitative estimate of drug-likeness (QED) is 0.466. The Bertz CT molecular complexity index is 1300. The lowest BCUT2D eigenvalue weighted by Crippen LogP contribution is -2.30. The zero-order valence-corrected chi connectivity index (χ0v) is 20.0. The summed E-state index contributed by atoms with van der Waals surface area (Å²) in [5, 5.41) is 12.9. The molecule has 1 amide bonds. The normalized spacial score (nSPS) is 12.2. The Kier molecular flexibility index (Phi) is 6.18. The molecular weight excluding hydrogens is 416 g/mol. The molecular formula is C25H30N6O2. The fourth-order valence-corrected chi connectivity index (χ4v) is 4.12. The van der Waals surface area contributed by atoms with E-state index in [0.29, 0.717) is 23.4 Å². The van der Waals surface area contributed by atoms with E-state index < -0.39 is 0 Å². The molecule has 0 aliphatic heterocycles. The number of ether oxygens (including phenoxy) is 1. The van der Waals surface area contributed by atoms with E-state index in [0.717, 1.165) is 40.3 Å². The van der Waals surface area contributed by atoms with Crippen LogP contribution in [0.15, 0.2) is 36.4 Å². The predicted molar refractivity (Wildman–Crippen MR) is 128 cm³/mol. The van der Waals surface area contributed by atoms with Crippen LogP contribution in [0.2, 0.25) is 0 Å². The molecule has 1 N–H and O–H groups in total. The van der Waals surface area contributed by atoms with E-state index >= 15 is 0 Å². The van der Waals surface area contributed by atoms with Crippen molar-refractivity contribution in [3.05, 3.63) is 59.0 Å². The van der Waals surface area contributed by atoms with E-state index in [1.165, 1.54) is 0 Å². The van der Waals surface area contributed by atoms with Crippen LogP contribution in [0.4, 0.5) is 0 Å². The van der Waals surface area contributed by atoms with Gasteiger partial charge in [-0.05, 0) is 63.1 Å². The third-order valence-corrected chi connectivity index (χ3v) is 5.80. The molecule has 8 nitrogen and oxygen atoms in total. The number of amides is 1. The van der Waals surface area contributed by atoms with Crippen molar-refractivity contribution < 1.29 is 9.53 Å². The first-order valence-electron chi connectivity index (χ1n) is 11.0. The Balaban J connectivity index is 1.61. The highest BCUT2D eigenvalue weighted by Crippen LogP contribution is 2.28. The summed E-state index contributed by atoms with van der Waals surface area (Å²) < 4.78 is 8.97. The second kappa shape index (κ2) is 9.05. The molecule has 0 aliphatic carbocycles. The van der Waals surface area contributed by atoms with Gasteiger partial charge in [0.15, 0.2) is 5.65 Å². The summed E-state index contributed by atoms with van der Waals surface area (Å²) in [6.07, 6.45) is 0. The van der Waals surface area contributed by atoms with Gasteiger partial charge in [-0.2, -0.15) is 10.2 Å². The zero-order chi connectivity index (χ0) is 23.7. The summed E-state index contributed by atoms with van der Waals surface area (Å²) in [5.41, 5.74) is 5.79. The van der Waals surface area contributed by atoms with Gasteiger partial charge in [-0.15, -0.1) is 0 Å². The third kappa shape index (κ3) is 4.60. The van der Waals surface area contributed by atoms with Crippen molar-refractivity contribution in [1.82, 2.24) is 29.9 Å². The Morgan fingerprint density at radius 3 is 2.48 bits per heavy atom. The summed E-state index contributed by atoms with van der Waals surface area (Å²) in [4.78, 5) is 18.1. The average Bonchev–Trinajstić information content (AvgIpc) is 3.27. The number of methoxy groups -OCH3 is 1. The van der Waals surface area contributed by atoms with Crippen molar-refractivity contribution in [2.45, 2.75) is 34.2 Å². The first-order chi connectivity index (χ1) is 15.8. The van der Waals surface area contributed by atoms with Crippen molar-refractivity contribution in [3.63, 3.8) is 0 Å². The molecule has 0 radical (unpaired) electrons. The minimum Gasteiger partial charge on any atom is -0.497 e. The number of hydrogen-bond donors (Lipinski definition) is 1. The number of pyridine rings is 1. The number of nitrogens with zero attached hydrogens (tertiary/aromatic N) is 5. The van der Waals surface area contributed by atoms with Crippen LogP contribution in [0.25, 0.3) is 22.3 Å². The summed E-state index contributed by atoms with van der Waals surface area (Å²) in [6, 6.07) is 11.6. The average molecular weight is 447 g/mol. The van der Waals surface area contributed by atoms with E-state index in [1.54, 1.807) is 11.8 Å². The number of rotatable bonds is 7. The number of carbonyl (C=O) groups excluding carboxylic acids is 1. The van der Waals surface area contributed by atoms with E-state index in [4.69, 9.17) is 9.72 Å². The van der Waals surface area contributed by atoms with Crippen LogP contribution in [-0.2, 0) is 13.6 Å². The second-order valence-corrected chi connectivity index (χ2v) is 8.62. The number of benzene rings is 1. The smallest absolute Gasteiger partial charge is 0.252 e. The molecule has 0 unspecified atom stereocenters. The van der Waals surface area contributed by atoms with Gasteiger partial charge >= 0.3 is 0 Å². The topological polar surface area (TPSA) is 86.9 Å². The van der Waals surface area contributed by atoms with E-state index in [9.17, 15) is 4.79 Å². The first-order valence-corrected chi connectivity index (χ1v) is 11.0. The van der Waals surface area contributed by atoms with Gasteiger partial charge in [-0.25, -0.2) is 4.98 Å². The lowest BCUT2D eigenvalue weighted by Gasteiger charge is -2.15. The van der Waals surface area contributed by atoms with Crippen molar-refractivity contribution in [3.8, 4) is 17.0 Å². The molecule has 0 fully saturated rings. The Morgan fingerprint density at radius 1 is 1.12 bits per heavy atom. The van der Waals surface area contributed by atoms with Crippen LogP contribution in [-0.4, -0.2) is 44.1 Å². The van der Waals surface area contributed by atoms with Crippen LogP contribution in [0.1, 0.15) is 34.4 Å². The zero-order valence-electron chi connectivity index (χ0n) is 20.0. The molecule has 0 bridgehead atoms. The van der Waals surface area contributed by atoms with Gasteiger partial charge in [-0.1, -0.05) is 6.92 Å². The van der Waals surface area contributed by atoms with Crippen molar-refractivity contribution >= 4 is 16.9 Å². The molecule has 1 aromatic carbocycles. The Hall–Kier alpha value is -3.68. The number of nitrogens with one attached hydrogen (secondary N) is 1. The molecule has 3 aromatic heterocycles. The summed E-state index contributed by atoms with van der Waals surface area (Å²) in [6.45, 7) is 9.33. The van der Waals surface area contributed by atoms with Gasteiger partial charge in [0.05, 0.1) is 35.1 Å². The number of aryl methyl sites for hydroxylation is 4. The van der Waals surface area contributed by atoms with Crippen LogP contribution in [0.3, 0.4) is 0 Å². The van der Waals surface area contributed by atoms with Crippen LogP contribution in [0, 0.1) is 26.7 Å². The molecule has 1 atom stereocenters. The SMILES string of the molecule is COc1ccc(-c2cc(C(=O)NC[C@@H](C)Cn3nc(C)cc3C)c3c(C)nn(C)c3n2)cc1. The molecule has 0 saturated carbocycles. The molecule has 0 saturated heterocycles. The fraction of sp³-hybridized carbons (Fsp3) is 0.360. The lowest BCUT2D eigenvalue weighted by molar-refractivity contribution is 0.0948. The standard InChI is InChI=1S/C25H30N6O2/c1-15(14-31-17(3)11-16(2)28-31)13-26-25(32)21-12-22(19-7-9-20(33-6)10-8-19)27-24-23(21)18(4)29-30(24)5/h7-12,15H,13-14H2,1-6H3,(H,26,32)/t15-/m1/s1. The molecule has 8 heteroatoms. The highest BCUT2D eigenvalue weighted by Gasteiger charge is 2.20. The van der Waals surface area contributed by atoms with Gasteiger partial charge in [0.2, 0.25) is 0 Å². The number of carbonyl (C=O) groups is 1. The van der Waals surface area contributed by atoms with Gasteiger partial charge in [0, 0.05) is 31.4 Å². The fourth-order valence-electron chi connectivity index (χ4n) is 4.12. The summed E-state index contributed by atoms with van der Waals surface area (Å²) >= 11 is 0. The lowest BCUT2D eigenvalue weighted by atomic mass is 10.0. The Morgan fingerprint density at radius 2 is 1.85 bits per heavy atom. The molecule has 0 spiro atoms. The maximum Gasteiger partial charge on any atom is 0.252 e. The molecule has 0 aliphatic rings. The summed E-state index contributed by atoms with van der Waals surface area (Å²) in [7, 11) is 3.48. The van der Waals surface area contributed by atoms with Crippen molar-refractivity contribution in [2.75, 3.05) is 13.7 Å². The maximum atomic E-state index is 13.3. The molecule has 4 aromatic rings. The number of hydrogen-bond acceptors (Lipinski definition) is 5. The van der Waals surface area contributed by atoms with E-state index in [1.807, 2.05) is 62.8 Å².